The topological polar surface area (TPSA) is 50.9 Å². The fraction of sp³-hybridized carbons (Fsp3) is 0.111. The molecule has 4 nitrogen and oxygen atoms in total. The average Bonchev–Trinajstić information content (AvgIpc) is 3.68. The Bertz CT molecular complexity index is 3170. The van der Waals surface area contributed by atoms with Crippen molar-refractivity contribution in [2.24, 2.45) is 0 Å². The molecule has 4 heteroatoms. The van der Waals surface area contributed by atoms with Gasteiger partial charge in [-0.15, -0.1) is 0 Å². The van der Waals surface area contributed by atoms with Gasteiger partial charge in [-0.25, -0.2) is 4.98 Å². The highest BCUT2D eigenvalue weighted by Crippen LogP contribution is 2.41. The second-order valence-electron chi connectivity index (χ2n) is 15.7. The first-order valence-electron chi connectivity index (χ1n) is 22.4. The highest BCUT2D eigenvalue weighted by Gasteiger charge is 2.23. The van der Waals surface area contributed by atoms with E-state index in [0.717, 1.165) is 50.2 Å². The SMILES string of the molecule is [2H]C([2H])([2H])c1cc(-n2c(-c3ccccc3O)nc3c(-c4cc(-c5cc(-c6ccc(-c7ccccc7)cc6)ccn5)cc(C(C)(C)C)c4)cccc32)cc(-c2ccccc2)c1C([2H])([2H])[2H]. The Labute approximate surface area is 349 Å². The largest absolute Gasteiger partial charge is 0.507 e. The lowest BCUT2D eigenvalue weighted by Crippen LogP contribution is -2.11. The van der Waals surface area contributed by atoms with Gasteiger partial charge in [0.2, 0.25) is 0 Å². The van der Waals surface area contributed by atoms with Gasteiger partial charge >= 0.3 is 0 Å². The molecule has 0 aliphatic carbocycles. The van der Waals surface area contributed by atoms with E-state index in [1.165, 1.54) is 6.07 Å². The van der Waals surface area contributed by atoms with Crippen LogP contribution in [-0.2, 0) is 5.41 Å². The normalized spacial score (nSPS) is 13.6. The standard InChI is InChI=1S/C54H45N3O/c1-35-29-45(34-48(36(35)2)40-17-10-7-11-18-40)57-50-21-14-20-46(52(50)56-53(57)47-19-12-13-22-51(47)58)42-30-43(32-44(31-42)54(3,4)5)49-33-41(27-28-55-49)39-25-23-38(24-26-39)37-15-8-6-9-16-37/h6-34,58H,1-5H3/i1D3,2D3. The fourth-order valence-corrected chi connectivity index (χ4v) is 7.66. The molecule has 0 saturated heterocycles. The lowest BCUT2D eigenvalue weighted by Gasteiger charge is -2.22. The van der Waals surface area contributed by atoms with Crippen molar-refractivity contribution in [3.8, 4) is 78.6 Å². The molecular formula is C54H45N3O. The van der Waals surface area contributed by atoms with E-state index in [4.69, 9.17) is 18.2 Å². The number of phenols is 1. The Morgan fingerprint density at radius 3 is 1.90 bits per heavy atom. The average molecular weight is 758 g/mol. The molecule has 0 aliphatic rings. The van der Waals surface area contributed by atoms with Crippen molar-refractivity contribution in [1.82, 2.24) is 14.5 Å². The highest BCUT2D eigenvalue weighted by atomic mass is 16.3. The lowest BCUT2D eigenvalue weighted by molar-refractivity contribution is 0.477. The van der Waals surface area contributed by atoms with E-state index in [-0.39, 0.29) is 27.9 Å². The minimum Gasteiger partial charge on any atom is -0.507 e. The summed E-state index contributed by atoms with van der Waals surface area (Å²) in [6.07, 6.45) is 1.84. The molecular weight excluding hydrogens is 707 g/mol. The molecule has 282 valence electrons. The lowest BCUT2D eigenvalue weighted by atomic mass is 9.83. The molecule has 0 saturated carbocycles. The number of aromatic hydroxyl groups is 1. The summed E-state index contributed by atoms with van der Waals surface area (Å²) in [4.78, 5) is 10.2. The van der Waals surface area contributed by atoms with Gasteiger partial charge in [0.1, 0.15) is 11.6 Å². The van der Waals surface area contributed by atoms with E-state index in [1.54, 1.807) is 54.6 Å². The van der Waals surface area contributed by atoms with Crippen LogP contribution in [0.1, 0.15) is 45.7 Å². The third kappa shape index (κ3) is 6.88. The highest BCUT2D eigenvalue weighted by molar-refractivity contribution is 5.97. The van der Waals surface area contributed by atoms with E-state index in [0.29, 0.717) is 33.7 Å². The Balaban J connectivity index is 1.26. The van der Waals surface area contributed by atoms with Crippen molar-refractivity contribution in [3.05, 3.63) is 193 Å². The number of fused-ring (bicyclic) bond motifs is 1. The van der Waals surface area contributed by atoms with Crippen molar-refractivity contribution in [1.29, 1.82) is 0 Å². The fourth-order valence-electron chi connectivity index (χ4n) is 7.66. The second-order valence-corrected chi connectivity index (χ2v) is 15.7. The van der Waals surface area contributed by atoms with Gasteiger partial charge in [-0.3, -0.25) is 9.55 Å². The molecule has 9 aromatic rings. The summed E-state index contributed by atoms with van der Waals surface area (Å²) >= 11 is 0. The molecule has 2 aromatic heterocycles. The minimum atomic E-state index is -2.78. The van der Waals surface area contributed by atoms with Gasteiger partial charge in [0.05, 0.1) is 22.3 Å². The summed E-state index contributed by atoms with van der Waals surface area (Å²) in [7, 11) is 0. The van der Waals surface area contributed by atoms with Crippen LogP contribution in [0.25, 0.3) is 83.9 Å². The number of pyridine rings is 1. The first-order chi connectivity index (χ1) is 30.5. The van der Waals surface area contributed by atoms with Gasteiger partial charge in [-0.1, -0.05) is 136 Å². The summed E-state index contributed by atoms with van der Waals surface area (Å²) in [5, 5.41) is 11.3. The second kappa shape index (κ2) is 14.8. The van der Waals surface area contributed by atoms with Gasteiger partial charge < -0.3 is 5.11 Å². The third-order valence-electron chi connectivity index (χ3n) is 10.8. The molecule has 2 heterocycles. The van der Waals surface area contributed by atoms with Crippen LogP contribution in [0.2, 0.25) is 0 Å². The number of para-hydroxylation sites is 2. The number of imidazole rings is 1. The summed E-state index contributed by atoms with van der Waals surface area (Å²) in [6, 6.07) is 54.3. The van der Waals surface area contributed by atoms with E-state index >= 15 is 0 Å². The van der Waals surface area contributed by atoms with Crippen LogP contribution in [0.15, 0.2) is 176 Å². The molecule has 0 unspecified atom stereocenters. The zero-order valence-electron chi connectivity index (χ0n) is 38.5. The quantitative estimate of drug-likeness (QED) is 0.176. The zero-order chi connectivity index (χ0) is 45.0. The Hall–Kier alpha value is -7.04. The molecule has 0 atom stereocenters. The van der Waals surface area contributed by atoms with Gasteiger partial charge in [-0.05, 0) is 129 Å². The van der Waals surface area contributed by atoms with Gasteiger partial charge in [0, 0.05) is 31.2 Å². The Morgan fingerprint density at radius 2 is 1.19 bits per heavy atom. The van der Waals surface area contributed by atoms with Crippen LogP contribution >= 0.6 is 0 Å². The van der Waals surface area contributed by atoms with Crippen LogP contribution in [0.3, 0.4) is 0 Å². The first-order valence-corrected chi connectivity index (χ1v) is 19.4. The Kier molecular flexibility index (Phi) is 7.69. The van der Waals surface area contributed by atoms with Crippen molar-refractivity contribution >= 4 is 11.0 Å². The number of rotatable bonds is 7. The van der Waals surface area contributed by atoms with Crippen LogP contribution in [0.5, 0.6) is 5.75 Å². The predicted molar refractivity (Wildman–Crippen MR) is 241 cm³/mol. The van der Waals surface area contributed by atoms with E-state index in [2.05, 4.69) is 81.4 Å². The maximum atomic E-state index is 11.3. The maximum Gasteiger partial charge on any atom is 0.149 e. The monoisotopic (exact) mass is 757 g/mol. The number of hydrogen-bond acceptors (Lipinski definition) is 3. The molecule has 0 amide bonds. The van der Waals surface area contributed by atoms with Crippen molar-refractivity contribution in [2.75, 3.05) is 0 Å². The zero-order valence-corrected chi connectivity index (χ0v) is 32.5. The van der Waals surface area contributed by atoms with Crippen LogP contribution < -0.4 is 0 Å². The first kappa shape index (κ1) is 30.1. The van der Waals surface area contributed by atoms with Crippen LogP contribution in [0, 0.1) is 13.7 Å². The van der Waals surface area contributed by atoms with Crippen molar-refractivity contribution in [3.63, 3.8) is 0 Å². The molecule has 0 radical (unpaired) electrons. The summed E-state index contributed by atoms with van der Waals surface area (Å²) < 4.78 is 53.3. The predicted octanol–water partition coefficient (Wildman–Crippen LogP) is 14.0. The Morgan fingerprint density at radius 1 is 0.534 bits per heavy atom. The van der Waals surface area contributed by atoms with Crippen molar-refractivity contribution < 1.29 is 13.3 Å². The van der Waals surface area contributed by atoms with Crippen molar-refractivity contribution in [2.45, 2.75) is 39.9 Å². The van der Waals surface area contributed by atoms with E-state index in [1.807, 2.05) is 59.3 Å². The molecule has 1 N–H and O–H groups in total. The number of benzene rings is 7. The van der Waals surface area contributed by atoms with Crippen LogP contribution in [-0.4, -0.2) is 19.6 Å². The molecule has 0 bridgehead atoms. The maximum absolute atomic E-state index is 11.3. The number of aromatic nitrogens is 3. The smallest absolute Gasteiger partial charge is 0.149 e. The van der Waals surface area contributed by atoms with E-state index in [9.17, 15) is 5.11 Å². The third-order valence-corrected chi connectivity index (χ3v) is 10.8. The van der Waals surface area contributed by atoms with E-state index < -0.39 is 13.7 Å². The summed E-state index contributed by atoms with van der Waals surface area (Å²) in [5.74, 6) is 0.342. The van der Waals surface area contributed by atoms with Gasteiger partial charge in [-0.2, -0.15) is 0 Å². The summed E-state index contributed by atoms with van der Waals surface area (Å²) in [5.41, 5.74) is 11.1. The molecule has 0 spiro atoms. The number of aryl methyl sites for hydroxylation is 1. The van der Waals surface area contributed by atoms with Gasteiger partial charge in [0.25, 0.3) is 0 Å². The molecule has 0 fully saturated rings. The van der Waals surface area contributed by atoms with Crippen LogP contribution in [0.4, 0.5) is 0 Å². The van der Waals surface area contributed by atoms with Gasteiger partial charge in [0.15, 0.2) is 0 Å². The number of phenolic OH excluding ortho intramolecular Hbond substituents is 1. The molecule has 9 rings (SSSR count). The molecule has 0 aliphatic heterocycles. The molecule has 58 heavy (non-hydrogen) atoms. The minimum absolute atomic E-state index is 0.0169. The summed E-state index contributed by atoms with van der Waals surface area (Å²) in [6.45, 7) is 1.01. The molecule has 7 aromatic carbocycles. The number of nitrogens with zero attached hydrogens (tertiary/aromatic N) is 3. The number of hydrogen-bond donors (Lipinski definition) is 1.